The van der Waals surface area contributed by atoms with Crippen LogP contribution in [0.2, 0.25) is 0 Å². The molecule has 3 heteroatoms. The molecule has 1 aromatic carbocycles. The summed E-state index contributed by atoms with van der Waals surface area (Å²) >= 11 is 2.11. The Bertz CT molecular complexity index is 355. The first-order chi connectivity index (χ1) is 6.93. The Morgan fingerprint density at radius 2 is 2.00 bits per heavy atom. The van der Waals surface area contributed by atoms with Crippen LogP contribution in [0.15, 0.2) is 24.3 Å². The number of ketones is 1. The number of hydrogen-bond acceptors (Lipinski definition) is 1. The molecule has 0 N–H and O–H groups in total. The van der Waals surface area contributed by atoms with E-state index in [-0.39, 0.29) is 5.78 Å². The van der Waals surface area contributed by atoms with Gasteiger partial charge in [-0.25, -0.2) is 0 Å². The lowest BCUT2D eigenvalue weighted by Gasteiger charge is -2.23. The first-order valence-electron chi connectivity index (χ1n) is 4.92. The van der Waals surface area contributed by atoms with Crippen molar-refractivity contribution in [3.63, 3.8) is 0 Å². The summed E-state index contributed by atoms with van der Waals surface area (Å²) in [5, 5.41) is 0. The standard InChI is InChI=1S/C12H17INO/c1-14(2,3)11-6-4-5-10(7-11)8-12(15)9-13/h4-7H,8-9H2,1-3H3/q+1. The number of rotatable bonds is 4. The quantitative estimate of drug-likeness (QED) is 0.473. The number of benzene rings is 1. The van der Waals surface area contributed by atoms with E-state index in [1.165, 1.54) is 5.69 Å². The molecule has 0 aromatic heterocycles. The largest absolute Gasteiger partial charge is 0.298 e. The van der Waals surface area contributed by atoms with Crippen molar-refractivity contribution in [1.29, 1.82) is 0 Å². The van der Waals surface area contributed by atoms with Gasteiger partial charge in [-0.15, -0.1) is 0 Å². The maximum Gasteiger partial charge on any atom is 0.146 e. The molecule has 1 aromatic rings. The summed E-state index contributed by atoms with van der Waals surface area (Å²) in [7, 11) is 6.37. The molecule has 0 aliphatic heterocycles. The molecular formula is C12H17INO+. The van der Waals surface area contributed by atoms with Crippen LogP contribution in [0.5, 0.6) is 0 Å². The molecule has 0 aliphatic carbocycles. The Morgan fingerprint density at radius 1 is 1.33 bits per heavy atom. The van der Waals surface area contributed by atoms with Gasteiger partial charge in [0.2, 0.25) is 0 Å². The minimum atomic E-state index is 0.286. The zero-order valence-electron chi connectivity index (χ0n) is 9.46. The maximum atomic E-state index is 11.3. The predicted molar refractivity (Wildman–Crippen MR) is 73.6 cm³/mol. The minimum absolute atomic E-state index is 0.286. The summed E-state index contributed by atoms with van der Waals surface area (Å²) < 4.78 is 1.37. The van der Waals surface area contributed by atoms with E-state index >= 15 is 0 Å². The Kier molecular flexibility index (Phi) is 4.28. The Labute approximate surface area is 105 Å². The third kappa shape index (κ3) is 3.91. The molecule has 0 radical (unpaired) electrons. The second-order valence-electron chi connectivity index (χ2n) is 4.53. The monoisotopic (exact) mass is 318 g/mol. The van der Waals surface area contributed by atoms with E-state index in [0.717, 1.165) is 10.0 Å². The second-order valence-corrected chi connectivity index (χ2v) is 5.29. The first kappa shape index (κ1) is 12.6. The lowest BCUT2D eigenvalue weighted by molar-refractivity contribution is -0.115. The molecule has 0 spiro atoms. The normalized spacial score (nSPS) is 11.5. The highest BCUT2D eigenvalue weighted by Gasteiger charge is 2.12. The van der Waals surface area contributed by atoms with Gasteiger partial charge in [-0.3, -0.25) is 9.28 Å². The average Bonchev–Trinajstić information content (AvgIpc) is 2.17. The van der Waals surface area contributed by atoms with Gasteiger partial charge in [-0.05, 0) is 11.6 Å². The summed E-state index contributed by atoms with van der Waals surface area (Å²) in [5.41, 5.74) is 2.34. The molecule has 0 amide bonds. The van der Waals surface area contributed by atoms with E-state index in [1.807, 2.05) is 12.1 Å². The van der Waals surface area contributed by atoms with Gasteiger partial charge in [0, 0.05) is 12.5 Å². The summed E-state index contributed by atoms with van der Waals surface area (Å²) in [4.78, 5) is 11.3. The number of alkyl halides is 1. The molecule has 82 valence electrons. The fourth-order valence-electron chi connectivity index (χ4n) is 1.36. The second kappa shape index (κ2) is 5.07. The van der Waals surface area contributed by atoms with Crippen LogP contribution in [0.25, 0.3) is 0 Å². The zero-order valence-corrected chi connectivity index (χ0v) is 11.6. The zero-order chi connectivity index (χ0) is 11.5. The maximum absolute atomic E-state index is 11.3. The molecule has 0 unspecified atom stereocenters. The average molecular weight is 318 g/mol. The van der Waals surface area contributed by atoms with E-state index in [0.29, 0.717) is 10.8 Å². The SMILES string of the molecule is C[N+](C)(C)c1cccc(CC(=O)CI)c1. The lowest BCUT2D eigenvalue weighted by Crippen LogP contribution is -2.34. The van der Waals surface area contributed by atoms with E-state index in [9.17, 15) is 4.79 Å². The predicted octanol–water partition coefficient (Wildman–Crippen LogP) is 2.43. The van der Waals surface area contributed by atoms with Crippen LogP contribution in [0.1, 0.15) is 5.56 Å². The molecule has 0 atom stereocenters. The summed E-state index contributed by atoms with van der Waals surface area (Å²) in [6.07, 6.45) is 0.552. The highest BCUT2D eigenvalue weighted by molar-refractivity contribution is 14.1. The number of carbonyl (C=O) groups excluding carboxylic acids is 1. The molecule has 0 fully saturated rings. The number of halogens is 1. The Balaban J connectivity index is 2.88. The molecule has 0 saturated heterocycles. The van der Waals surface area contributed by atoms with Gasteiger partial charge in [0.15, 0.2) is 0 Å². The molecule has 0 saturated carbocycles. The van der Waals surface area contributed by atoms with Crippen LogP contribution in [-0.2, 0) is 11.2 Å². The minimum Gasteiger partial charge on any atom is -0.298 e. The van der Waals surface area contributed by atoms with E-state index < -0.39 is 0 Å². The van der Waals surface area contributed by atoms with Gasteiger partial charge in [-0.1, -0.05) is 34.7 Å². The molecule has 1 rings (SSSR count). The van der Waals surface area contributed by atoms with Crippen LogP contribution in [0.4, 0.5) is 5.69 Å². The van der Waals surface area contributed by atoms with Crippen LogP contribution >= 0.6 is 22.6 Å². The fraction of sp³-hybridized carbons (Fsp3) is 0.417. The van der Waals surface area contributed by atoms with E-state index in [1.54, 1.807) is 0 Å². The van der Waals surface area contributed by atoms with Gasteiger partial charge in [-0.2, -0.15) is 0 Å². The lowest BCUT2D eigenvalue weighted by atomic mass is 10.1. The van der Waals surface area contributed by atoms with Crippen molar-refractivity contribution >= 4 is 34.1 Å². The molecule has 0 heterocycles. The number of carbonyl (C=O) groups is 1. The number of nitrogens with zero attached hydrogens (tertiary/aromatic N) is 1. The van der Waals surface area contributed by atoms with E-state index in [4.69, 9.17) is 0 Å². The van der Waals surface area contributed by atoms with Crippen LogP contribution < -0.4 is 4.48 Å². The van der Waals surface area contributed by atoms with Crippen LogP contribution in [0.3, 0.4) is 0 Å². The molecule has 2 nitrogen and oxygen atoms in total. The van der Waals surface area contributed by atoms with Crippen molar-refractivity contribution in [3.8, 4) is 0 Å². The van der Waals surface area contributed by atoms with Crippen molar-refractivity contribution in [2.45, 2.75) is 6.42 Å². The van der Waals surface area contributed by atoms with Crippen molar-refractivity contribution < 1.29 is 4.79 Å². The molecule has 15 heavy (non-hydrogen) atoms. The number of quaternary nitrogens is 1. The van der Waals surface area contributed by atoms with E-state index in [2.05, 4.69) is 55.9 Å². The fourth-order valence-corrected chi connectivity index (χ4v) is 1.63. The van der Waals surface area contributed by atoms with Gasteiger partial charge in [0.25, 0.3) is 0 Å². The van der Waals surface area contributed by atoms with Gasteiger partial charge >= 0.3 is 0 Å². The third-order valence-electron chi connectivity index (χ3n) is 2.24. The van der Waals surface area contributed by atoms with Crippen molar-refractivity contribution in [1.82, 2.24) is 4.48 Å². The highest BCUT2D eigenvalue weighted by atomic mass is 127. The molecule has 0 aliphatic rings. The highest BCUT2D eigenvalue weighted by Crippen LogP contribution is 2.18. The number of hydrogen-bond donors (Lipinski definition) is 0. The molecule has 0 bridgehead atoms. The van der Waals surface area contributed by atoms with Crippen molar-refractivity contribution in [2.75, 3.05) is 25.6 Å². The van der Waals surface area contributed by atoms with Crippen LogP contribution in [-0.4, -0.2) is 31.4 Å². The van der Waals surface area contributed by atoms with Gasteiger partial charge in [0.05, 0.1) is 25.6 Å². The van der Waals surface area contributed by atoms with Crippen LogP contribution in [0, 0.1) is 0 Å². The van der Waals surface area contributed by atoms with Crippen molar-refractivity contribution in [3.05, 3.63) is 29.8 Å². The Hall–Kier alpha value is -0.420. The third-order valence-corrected chi connectivity index (χ3v) is 3.09. The summed E-state index contributed by atoms with van der Waals surface area (Å²) in [6.45, 7) is 0. The van der Waals surface area contributed by atoms with Gasteiger partial charge < -0.3 is 0 Å². The Morgan fingerprint density at radius 3 is 2.53 bits per heavy atom. The summed E-state index contributed by atoms with van der Waals surface area (Å²) in [6, 6.07) is 8.25. The first-order valence-corrected chi connectivity index (χ1v) is 6.44. The molecular weight excluding hydrogens is 301 g/mol. The summed E-state index contributed by atoms with van der Waals surface area (Å²) in [5.74, 6) is 0.286. The van der Waals surface area contributed by atoms with Crippen molar-refractivity contribution in [2.24, 2.45) is 0 Å². The smallest absolute Gasteiger partial charge is 0.146 e. The number of Topliss-reactive ketones (excluding diaryl/α,β-unsaturated/α-hetero) is 1. The van der Waals surface area contributed by atoms with Gasteiger partial charge in [0.1, 0.15) is 11.5 Å². The topological polar surface area (TPSA) is 17.1 Å².